The number of rotatable bonds is 6. The summed E-state index contributed by atoms with van der Waals surface area (Å²) < 4.78 is 7.16. The van der Waals surface area contributed by atoms with E-state index in [4.69, 9.17) is 4.74 Å². The van der Waals surface area contributed by atoms with Crippen LogP contribution in [-0.2, 0) is 17.8 Å². The molecule has 1 N–H and O–H groups in total. The van der Waals surface area contributed by atoms with Crippen molar-refractivity contribution in [3.05, 3.63) is 70.1 Å². The minimum absolute atomic E-state index is 0.0164. The summed E-state index contributed by atoms with van der Waals surface area (Å²) in [6.07, 6.45) is 2.93. The van der Waals surface area contributed by atoms with E-state index in [1.807, 2.05) is 19.3 Å². The lowest BCUT2D eigenvalue weighted by Gasteiger charge is -2.24. The quantitative estimate of drug-likeness (QED) is 0.625. The van der Waals surface area contributed by atoms with Gasteiger partial charge >= 0.3 is 0 Å². The number of benzene rings is 1. The monoisotopic (exact) mass is 368 g/mol. The Morgan fingerprint density at radius 1 is 1.26 bits per heavy atom. The Morgan fingerprint density at radius 3 is 2.70 bits per heavy atom. The van der Waals surface area contributed by atoms with Gasteiger partial charge in [-0.05, 0) is 23.6 Å². The molecule has 0 saturated carbocycles. The highest BCUT2D eigenvalue weighted by atomic mass is 16.5. The first kappa shape index (κ1) is 19.2. The maximum Gasteiger partial charge on any atom is 0.250 e. The van der Waals surface area contributed by atoms with Crippen LogP contribution in [-0.4, -0.2) is 49.3 Å². The van der Waals surface area contributed by atoms with E-state index in [-0.39, 0.29) is 5.56 Å². The molecule has 2 aromatic rings. The molecular formula is C21H28N4O2. The van der Waals surface area contributed by atoms with Crippen molar-refractivity contribution in [1.82, 2.24) is 14.8 Å². The van der Waals surface area contributed by atoms with Crippen molar-refractivity contribution in [2.24, 2.45) is 10.9 Å². The predicted molar refractivity (Wildman–Crippen MR) is 108 cm³/mol. The summed E-state index contributed by atoms with van der Waals surface area (Å²) in [5.74, 6) is 1.47. The summed E-state index contributed by atoms with van der Waals surface area (Å²) in [5.41, 5.74) is 2.30. The third kappa shape index (κ3) is 5.44. The van der Waals surface area contributed by atoms with E-state index in [0.29, 0.717) is 19.0 Å². The Balaban J connectivity index is 1.53. The molecule has 1 aliphatic rings. The van der Waals surface area contributed by atoms with Crippen molar-refractivity contribution in [1.29, 1.82) is 0 Å². The van der Waals surface area contributed by atoms with Gasteiger partial charge in [-0.15, -0.1) is 0 Å². The Morgan fingerprint density at radius 2 is 2.04 bits per heavy atom. The first-order valence-corrected chi connectivity index (χ1v) is 9.38. The molecule has 2 heterocycles. The molecule has 0 aliphatic carbocycles. The van der Waals surface area contributed by atoms with Crippen molar-refractivity contribution in [2.45, 2.75) is 19.5 Å². The van der Waals surface area contributed by atoms with Crippen molar-refractivity contribution in [3.63, 3.8) is 0 Å². The van der Waals surface area contributed by atoms with Crippen LogP contribution >= 0.6 is 0 Å². The second-order valence-corrected chi connectivity index (χ2v) is 6.99. The average molecular weight is 368 g/mol. The number of ether oxygens (including phenoxy) is 1. The van der Waals surface area contributed by atoms with Gasteiger partial charge in [0.1, 0.15) is 0 Å². The molecule has 6 heteroatoms. The third-order valence-corrected chi connectivity index (χ3v) is 4.85. The molecule has 1 atom stereocenters. The molecule has 0 radical (unpaired) electrons. The van der Waals surface area contributed by atoms with Crippen LogP contribution in [0.2, 0.25) is 0 Å². The number of nitrogens with zero attached hydrogens (tertiary/aromatic N) is 3. The average Bonchev–Trinajstić information content (AvgIpc) is 3.18. The van der Waals surface area contributed by atoms with Gasteiger partial charge in [-0.3, -0.25) is 9.79 Å². The highest BCUT2D eigenvalue weighted by molar-refractivity contribution is 5.79. The van der Waals surface area contributed by atoms with Gasteiger partial charge in [-0.1, -0.05) is 30.3 Å². The van der Waals surface area contributed by atoms with Crippen LogP contribution in [0.25, 0.3) is 0 Å². The smallest absolute Gasteiger partial charge is 0.250 e. The first-order chi connectivity index (χ1) is 13.2. The molecule has 1 aromatic carbocycles. The molecule has 0 bridgehead atoms. The van der Waals surface area contributed by atoms with E-state index in [2.05, 4.69) is 46.5 Å². The first-order valence-electron chi connectivity index (χ1n) is 9.38. The van der Waals surface area contributed by atoms with Crippen molar-refractivity contribution < 1.29 is 4.74 Å². The van der Waals surface area contributed by atoms with E-state index >= 15 is 0 Å². The minimum atomic E-state index is 0.0164. The summed E-state index contributed by atoms with van der Waals surface area (Å²) >= 11 is 0. The minimum Gasteiger partial charge on any atom is -0.381 e. The molecular weight excluding hydrogens is 340 g/mol. The molecule has 144 valence electrons. The summed E-state index contributed by atoms with van der Waals surface area (Å²) in [7, 11) is 3.87. The SMILES string of the molecule is CN=C(NCc1ccc(Cn2ccccc2=O)cc1)N(C)CC1CCOC1. The van der Waals surface area contributed by atoms with E-state index < -0.39 is 0 Å². The van der Waals surface area contributed by atoms with E-state index in [1.165, 1.54) is 5.56 Å². The molecule has 3 rings (SSSR count). The highest BCUT2D eigenvalue weighted by Gasteiger charge is 2.18. The number of hydrogen-bond acceptors (Lipinski definition) is 3. The molecule has 1 aliphatic heterocycles. The van der Waals surface area contributed by atoms with Gasteiger partial charge < -0.3 is 19.5 Å². The van der Waals surface area contributed by atoms with Gasteiger partial charge in [0, 0.05) is 52.0 Å². The maximum absolute atomic E-state index is 11.8. The molecule has 6 nitrogen and oxygen atoms in total. The largest absolute Gasteiger partial charge is 0.381 e. The maximum atomic E-state index is 11.8. The molecule has 1 saturated heterocycles. The van der Waals surface area contributed by atoms with Gasteiger partial charge in [0.25, 0.3) is 5.56 Å². The van der Waals surface area contributed by atoms with Gasteiger partial charge in [-0.2, -0.15) is 0 Å². The molecule has 27 heavy (non-hydrogen) atoms. The number of nitrogens with one attached hydrogen (secondary N) is 1. The lowest BCUT2D eigenvalue weighted by Crippen LogP contribution is -2.41. The lowest BCUT2D eigenvalue weighted by molar-refractivity contribution is 0.181. The van der Waals surface area contributed by atoms with Crippen LogP contribution in [0.3, 0.4) is 0 Å². The van der Waals surface area contributed by atoms with Crippen molar-refractivity contribution >= 4 is 5.96 Å². The zero-order valence-electron chi connectivity index (χ0n) is 16.1. The Bertz CT molecular complexity index is 807. The van der Waals surface area contributed by atoms with Crippen LogP contribution in [0, 0.1) is 5.92 Å². The molecule has 1 fully saturated rings. The Kier molecular flexibility index (Phi) is 6.65. The lowest BCUT2D eigenvalue weighted by atomic mass is 10.1. The highest BCUT2D eigenvalue weighted by Crippen LogP contribution is 2.13. The number of aliphatic imine (C=N–C) groups is 1. The van der Waals surface area contributed by atoms with Gasteiger partial charge in [-0.25, -0.2) is 0 Å². The van der Waals surface area contributed by atoms with Crippen LogP contribution in [0.5, 0.6) is 0 Å². The standard InChI is InChI=1S/C21H28N4O2/c1-22-21(24(2)14-19-10-12-27-16-19)23-13-17-6-8-18(9-7-17)15-25-11-4-3-5-20(25)26/h3-9,11,19H,10,12-16H2,1-2H3,(H,22,23). The molecule has 1 unspecified atom stereocenters. The van der Waals surface area contributed by atoms with Crippen LogP contribution in [0.15, 0.2) is 58.4 Å². The topological polar surface area (TPSA) is 58.9 Å². The zero-order valence-corrected chi connectivity index (χ0v) is 16.1. The third-order valence-electron chi connectivity index (χ3n) is 4.85. The van der Waals surface area contributed by atoms with Crippen molar-refractivity contribution in [3.8, 4) is 0 Å². The normalized spacial score (nSPS) is 17.1. The molecule has 1 aromatic heterocycles. The second kappa shape index (κ2) is 9.37. The van der Waals surface area contributed by atoms with Gasteiger partial charge in [0.15, 0.2) is 5.96 Å². The predicted octanol–water partition coefficient (Wildman–Crippen LogP) is 1.94. The van der Waals surface area contributed by atoms with E-state index in [1.54, 1.807) is 16.7 Å². The number of hydrogen-bond donors (Lipinski definition) is 1. The zero-order chi connectivity index (χ0) is 19.1. The summed E-state index contributed by atoms with van der Waals surface area (Å²) in [6.45, 7) is 3.95. The summed E-state index contributed by atoms with van der Waals surface area (Å²) in [4.78, 5) is 18.4. The molecule has 0 spiro atoms. The van der Waals surface area contributed by atoms with Crippen LogP contribution in [0.1, 0.15) is 17.5 Å². The molecule has 0 amide bonds. The van der Waals surface area contributed by atoms with E-state index in [9.17, 15) is 4.79 Å². The number of aromatic nitrogens is 1. The summed E-state index contributed by atoms with van der Waals surface area (Å²) in [6, 6.07) is 13.5. The van der Waals surface area contributed by atoms with E-state index in [0.717, 1.165) is 37.7 Å². The number of guanidine groups is 1. The summed E-state index contributed by atoms with van der Waals surface area (Å²) in [5, 5.41) is 3.42. The second-order valence-electron chi connectivity index (χ2n) is 6.99. The Labute approximate surface area is 160 Å². The van der Waals surface area contributed by atoms with Gasteiger partial charge in [0.05, 0.1) is 13.2 Å². The fraction of sp³-hybridized carbons (Fsp3) is 0.429. The Hall–Kier alpha value is -2.60. The van der Waals surface area contributed by atoms with Gasteiger partial charge in [0.2, 0.25) is 0 Å². The van der Waals surface area contributed by atoms with Crippen LogP contribution < -0.4 is 10.9 Å². The fourth-order valence-corrected chi connectivity index (χ4v) is 3.32. The van der Waals surface area contributed by atoms with Crippen LogP contribution in [0.4, 0.5) is 0 Å². The van der Waals surface area contributed by atoms with Crippen molar-refractivity contribution in [2.75, 3.05) is 33.9 Å². The fourth-order valence-electron chi connectivity index (χ4n) is 3.32. The number of pyridine rings is 1.